The molecule has 2 heterocycles. The highest BCUT2D eigenvalue weighted by molar-refractivity contribution is 5.89. The highest BCUT2D eigenvalue weighted by Gasteiger charge is 2.11. The fourth-order valence-corrected chi connectivity index (χ4v) is 2.73. The smallest absolute Gasteiger partial charge is 0.103 e. The number of nitrogens with zero attached hydrogens (tertiary/aromatic N) is 4. The van der Waals surface area contributed by atoms with Crippen molar-refractivity contribution in [3.8, 4) is 16.9 Å². The predicted molar refractivity (Wildman–Crippen MR) is 109 cm³/mol. The summed E-state index contributed by atoms with van der Waals surface area (Å²) < 4.78 is 1.86. The molecule has 1 N–H and O–H groups in total. The van der Waals surface area contributed by atoms with Gasteiger partial charge in [0, 0.05) is 29.7 Å². The number of rotatable bonds is 5. The number of anilines is 1. The molecule has 0 atom stereocenters. The molecule has 0 fully saturated rings. The summed E-state index contributed by atoms with van der Waals surface area (Å²) in [5, 5.41) is 9.13. The van der Waals surface area contributed by atoms with E-state index in [1.807, 2.05) is 83.8 Å². The minimum atomic E-state index is 0.835. The van der Waals surface area contributed by atoms with Crippen molar-refractivity contribution in [1.82, 2.24) is 14.8 Å². The molecule has 0 aliphatic heterocycles. The summed E-state index contributed by atoms with van der Waals surface area (Å²) in [4.78, 5) is 4.21. The maximum Gasteiger partial charge on any atom is 0.103 e. The summed E-state index contributed by atoms with van der Waals surface area (Å²) in [5.41, 5.74) is 8.91. The van der Waals surface area contributed by atoms with Gasteiger partial charge < -0.3 is 0 Å². The van der Waals surface area contributed by atoms with Crippen molar-refractivity contribution in [2.45, 2.75) is 6.92 Å². The molecule has 4 aromatic rings. The Hall–Kier alpha value is -3.73. The van der Waals surface area contributed by atoms with E-state index >= 15 is 0 Å². The van der Waals surface area contributed by atoms with Gasteiger partial charge in [-0.3, -0.25) is 10.4 Å². The van der Waals surface area contributed by atoms with Crippen molar-refractivity contribution < 1.29 is 0 Å². The number of hydrazone groups is 1. The summed E-state index contributed by atoms with van der Waals surface area (Å²) in [5.74, 6) is 0. The van der Waals surface area contributed by atoms with Gasteiger partial charge in [-0.15, -0.1) is 0 Å². The topological polar surface area (TPSA) is 55.1 Å². The van der Waals surface area contributed by atoms with Crippen molar-refractivity contribution in [3.05, 3.63) is 96.4 Å². The molecule has 0 aliphatic carbocycles. The molecule has 0 bridgehead atoms. The first-order valence-electron chi connectivity index (χ1n) is 8.71. The number of aromatic nitrogens is 3. The lowest BCUT2D eigenvalue weighted by atomic mass is 10.1. The van der Waals surface area contributed by atoms with E-state index < -0.39 is 0 Å². The molecule has 0 saturated carbocycles. The molecule has 0 unspecified atom stereocenters. The van der Waals surface area contributed by atoms with Crippen LogP contribution in [0.4, 0.5) is 5.69 Å². The van der Waals surface area contributed by atoms with Crippen LogP contribution in [0.5, 0.6) is 0 Å². The monoisotopic (exact) mass is 353 g/mol. The van der Waals surface area contributed by atoms with Gasteiger partial charge >= 0.3 is 0 Å². The van der Waals surface area contributed by atoms with Crippen LogP contribution in [0.2, 0.25) is 0 Å². The zero-order valence-corrected chi connectivity index (χ0v) is 14.9. The number of hydrogen-bond acceptors (Lipinski definition) is 4. The second-order valence-corrected chi connectivity index (χ2v) is 6.19. The number of pyridine rings is 1. The Kier molecular flexibility index (Phi) is 4.74. The molecule has 2 aromatic carbocycles. The normalized spacial score (nSPS) is 11.0. The quantitative estimate of drug-likeness (QED) is 0.418. The highest BCUT2D eigenvalue weighted by atomic mass is 15.3. The molecule has 27 heavy (non-hydrogen) atoms. The first-order valence-corrected chi connectivity index (χ1v) is 8.71. The molecule has 0 radical (unpaired) electrons. The average molecular weight is 353 g/mol. The summed E-state index contributed by atoms with van der Waals surface area (Å²) in [6.45, 7) is 2.06. The standard InChI is InChI=1S/C22H19N5/c1-17-9-11-20(12-10-17)25-24-15-19-16-27(21-7-3-2-4-8-21)26-22(19)18-6-5-13-23-14-18/h2-16,25H,1H3/b24-15-. The fourth-order valence-electron chi connectivity index (χ4n) is 2.73. The molecule has 5 nitrogen and oxygen atoms in total. The predicted octanol–water partition coefficient (Wildman–Crippen LogP) is 4.69. The molecule has 5 heteroatoms. The first kappa shape index (κ1) is 16.7. The van der Waals surface area contributed by atoms with Gasteiger partial charge in [0.05, 0.1) is 17.6 Å². The van der Waals surface area contributed by atoms with E-state index in [1.54, 1.807) is 12.4 Å². The van der Waals surface area contributed by atoms with Gasteiger partial charge in [0.2, 0.25) is 0 Å². The lowest BCUT2D eigenvalue weighted by Crippen LogP contribution is -1.94. The molecule has 0 aliphatic rings. The molecule has 0 amide bonds. The van der Waals surface area contributed by atoms with Gasteiger partial charge in [0.25, 0.3) is 0 Å². The number of benzene rings is 2. The molecule has 0 spiro atoms. The van der Waals surface area contributed by atoms with Gasteiger partial charge in [0.15, 0.2) is 0 Å². The van der Waals surface area contributed by atoms with Crippen LogP contribution in [-0.4, -0.2) is 21.0 Å². The zero-order chi connectivity index (χ0) is 18.5. The molecule has 2 aromatic heterocycles. The van der Waals surface area contributed by atoms with Crippen LogP contribution in [-0.2, 0) is 0 Å². The third-order valence-corrected chi connectivity index (χ3v) is 4.15. The maximum absolute atomic E-state index is 4.75. The number of nitrogens with one attached hydrogen (secondary N) is 1. The summed E-state index contributed by atoms with van der Waals surface area (Å²) in [6, 6.07) is 22.0. The Labute approximate surface area is 158 Å². The third kappa shape index (κ3) is 3.93. The number of para-hydroxylation sites is 1. The summed E-state index contributed by atoms with van der Waals surface area (Å²) >= 11 is 0. The van der Waals surface area contributed by atoms with E-state index in [2.05, 4.69) is 22.4 Å². The Morgan fingerprint density at radius 2 is 1.78 bits per heavy atom. The van der Waals surface area contributed by atoms with E-state index in [9.17, 15) is 0 Å². The van der Waals surface area contributed by atoms with Crippen LogP contribution in [0, 0.1) is 6.92 Å². The summed E-state index contributed by atoms with van der Waals surface area (Å²) in [6.07, 6.45) is 7.32. The third-order valence-electron chi connectivity index (χ3n) is 4.15. The lowest BCUT2D eigenvalue weighted by molar-refractivity contribution is 0.884. The van der Waals surface area contributed by atoms with Crippen LogP contribution < -0.4 is 5.43 Å². The lowest BCUT2D eigenvalue weighted by Gasteiger charge is -2.00. The van der Waals surface area contributed by atoms with E-state index in [-0.39, 0.29) is 0 Å². The molecule has 0 saturated heterocycles. The Balaban J connectivity index is 1.66. The van der Waals surface area contributed by atoms with Crippen LogP contribution in [0.15, 0.2) is 90.4 Å². The van der Waals surface area contributed by atoms with Crippen molar-refractivity contribution >= 4 is 11.9 Å². The zero-order valence-electron chi connectivity index (χ0n) is 14.9. The van der Waals surface area contributed by atoms with E-state index in [0.29, 0.717) is 0 Å². The Bertz CT molecular complexity index is 1040. The van der Waals surface area contributed by atoms with E-state index in [0.717, 1.165) is 28.2 Å². The van der Waals surface area contributed by atoms with Crippen molar-refractivity contribution in [2.24, 2.45) is 5.10 Å². The van der Waals surface area contributed by atoms with Crippen LogP contribution in [0.1, 0.15) is 11.1 Å². The van der Waals surface area contributed by atoms with Gasteiger partial charge in [-0.05, 0) is 43.3 Å². The fraction of sp³-hybridized carbons (Fsp3) is 0.0455. The van der Waals surface area contributed by atoms with Crippen molar-refractivity contribution in [1.29, 1.82) is 0 Å². The Morgan fingerprint density at radius 3 is 2.52 bits per heavy atom. The van der Waals surface area contributed by atoms with Crippen LogP contribution in [0.25, 0.3) is 16.9 Å². The number of aryl methyl sites for hydroxylation is 1. The van der Waals surface area contributed by atoms with Gasteiger partial charge in [-0.1, -0.05) is 35.9 Å². The average Bonchev–Trinajstić information content (AvgIpc) is 3.15. The Morgan fingerprint density at radius 1 is 0.963 bits per heavy atom. The van der Waals surface area contributed by atoms with Crippen LogP contribution in [0.3, 0.4) is 0 Å². The van der Waals surface area contributed by atoms with Gasteiger partial charge in [-0.2, -0.15) is 10.2 Å². The molecular formula is C22H19N5. The van der Waals surface area contributed by atoms with Crippen LogP contribution >= 0.6 is 0 Å². The van der Waals surface area contributed by atoms with Gasteiger partial charge in [0.1, 0.15) is 5.69 Å². The molecular weight excluding hydrogens is 334 g/mol. The van der Waals surface area contributed by atoms with Gasteiger partial charge in [-0.25, -0.2) is 4.68 Å². The second-order valence-electron chi connectivity index (χ2n) is 6.19. The van der Waals surface area contributed by atoms with Crippen molar-refractivity contribution in [3.63, 3.8) is 0 Å². The SMILES string of the molecule is Cc1ccc(N/N=C\c2cn(-c3ccccc3)nc2-c2cccnc2)cc1. The van der Waals surface area contributed by atoms with E-state index in [1.165, 1.54) is 5.56 Å². The molecule has 132 valence electrons. The second kappa shape index (κ2) is 7.66. The number of hydrogen-bond donors (Lipinski definition) is 1. The molecule has 4 rings (SSSR count). The first-order chi connectivity index (χ1) is 13.3. The van der Waals surface area contributed by atoms with E-state index in [4.69, 9.17) is 5.10 Å². The van der Waals surface area contributed by atoms with Crippen molar-refractivity contribution in [2.75, 3.05) is 5.43 Å². The minimum absolute atomic E-state index is 0.835. The maximum atomic E-state index is 4.75. The highest BCUT2D eigenvalue weighted by Crippen LogP contribution is 2.22. The summed E-state index contributed by atoms with van der Waals surface area (Å²) in [7, 11) is 0. The minimum Gasteiger partial charge on any atom is -0.279 e. The largest absolute Gasteiger partial charge is 0.279 e.